The topological polar surface area (TPSA) is 152 Å². The first kappa shape index (κ1) is 34.4. The van der Waals surface area contributed by atoms with Gasteiger partial charge in [0.2, 0.25) is 0 Å². The van der Waals surface area contributed by atoms with Gasteiger partial charge in [-0.15, -0.1) is 0 Å². The molecule has 2 aromatic rings. The summed E-state index contributed by atoms with van der Waals surface area (Å²) in [6.07, 6.45) is 12.1. The van der Waals surface area contributed by atoms with E-state index in [0.717, 1.165) is 56.0 Å². The number of aliphatic hydroxyl groups excluding tert-OH is 2. The Morgan fingerprint density at radius 1 is 0.857 bits per heavy atom. The summed E-state index contributed by atoms with van der Waals surface area (Å²) < 4.78 is 81.0. The number of ether oxygens (including phenoxy) is 2. The maximum absolute atomic E-state index is 14.1. The molecule has 4 bridgehead atoms. The van der Waals surface area contributed by atoms with Crippen LogP contribution in [-0.2, 0) is 41.0 Å². The molecule has 3 saturated heterocycles. The van der Waals surface area contributed by atoms with Crippen LogP contribution in [0.25, 0.3) is 0 Å². The van der Waals surface area contributed by atoms with Gasteiger partial charge in [-0.1, -0.05) is 49.4 Å². The second-order valence-corrected chi connectivity index (χ2v) is 21.7. The third kappa shape index (κ3) is 3.94. The zero-order chi connectivity index (χ0) is 38.5. The first-order valence-corrected chi connectivity index (χ1v) is 22.5. The molecule has 0 aromatic heterocycles. The number of piperidine rings is 1. The van der Waals surface area contributed by atoms with E-state index in [-0.39, 0.29) is 55.9 Å². The van der Waals surface area contributed by atoms with Crippen LogP contribution >= 0.6 is 0 Å². The Hall–Kier alpha value is -3.66. The van der Waals surface area contributed by atoms with Crippen LogP contribution in [0, 0.1) is 34.0 Å². The van der Waals surface area contributed by atoms with Gasteiger partial charge >= 0.3 is 20.2 Å². The van der Waals surface area contributed by atoms with Crippen molar-refractivity contribution in [2.75, 3.05) is 27.2 Å². The number of nitrogens with zero attached hydrogens (tertiary/aromatic N) is 2. The van der Waals surface area contributed by atoms with Crippen molar-refractivity contribution in [1.29, 1.82) is 0 Å². The van der Waals surface area contributed by atoms with Gasteiger partial charge < -0.3 is 37.9 Å². The Morgan fingerprint density at radius 3 is 2.36 bits per heavy atom. The minimum atomic E-state index is -4.58. The zero-order valence-electron chi connectivity index (χ0n) is 31.2. The van der Waals surface area contributed by atoms with Gasteiger partial charge in [0.25, 0.3) is 0 Å². The van der Waals surface area contributed by atoms with Crippen molar-refractivity contribution in [2.45, 2.75) is 84.3 Å². The molecule has 12 rings (SSSR count). The van der Waals surface area contributed by atoms with Crippen molar-refractivity contribution >= 4 is 20.2 Å². The molecular formula is C42H44N2O10S2. The van der Waals surface area contributed by atoms with Crippen molar-refractivity contribution in [2.24, 2.45) is 34.0 Å². The van der Waals surface area contributed by atoms with E-state index in [2.05, 4.69) is 49.0 Å². The smallest absolute Gasteiger partial charge is 0.339 e. The average Bonchev–Trinajstić information content (AvgIpc) is 3.76. The average molecular weight is 801 g/mol. The number of likely N-dealkylation sites (N-methyl/N-ethyl adjacent to an activating group) is 1. The maximum atomic E-state index is 14.1. The fourth-order valence-corrected chi connectivity index (χ4v) is 16.4. The van der Waals surface area contributed by atoms with Gasteiger partial charge in [-0.05, 0) is 87.6 Å². The minimum absolute atomic E-state index is 0.00211. The molecule has 14 heteroatoms. The molecule has 5 unspecified atom stereocenters. The fraction of sp³-hybridized carbons (Fsp3) is 0.524. The molecule has 56 heavy (non-hydrogen) atoms. The van der Waals surface area contributed by atoms with Gasteiger partial charge in [-0.2, -0.15) is 16.8 Å². The summed E-state index contributed by atoms with van der Waals surface area (Å²) in [7, 11) is -4.89. The zero-order valence-corrected chi connectivity index (χ0v) is 32.9. The van der Waals surface area contributed by atoms with E-state index in [4.69, 9.17) is 17.8 Å². The lowest BCUT2D eigenvalue weighted by Gasteiger charge is -2.59. The van der Waals surface area contributed by atoms with Crippen LogP contribution < -0.4 is 8.92 Å². The number of benzene rings is 2. The molecule has 13 atom stereocenters. The van der Waals surface area contributed by atoms with Gasteiger partial charge in [0.05, 0.1) is 0 Å². The van der Waals surface area contributed by atoms with E-state index in [0.29, 0.717) is 17.6 Å². The molecular weight excluding hydrogens is 757 g/mol. The molecule has 294 valence electrons. The molecule has 2 N–H and O–H groups in total. The van der Waals surface area contributed by atoms with Crippen LogP contribution in [0.15, 0.2) is 94.2 Å². The molecule has 10 aliphatic rings. The summed E-state index contributed by atoms with van der Waals surface area (Å²) in [6, 6.07) is 8.98. The number of aliphatic hydroxyl groups is 2. The molecule has 2 saturated carbocycles. The van der Waals surface area contributed by atoms with Gasteiger partial charge in [0, 0.05) is 58.2 Å². The van der Waals surface area contributed by atoms with Crippen LogP contribution in [0.3, 0.4) is 0 Å². The van der Waals surface area contributed by atoms with Crippen LogP contribution in [0.1, 0.15) is 37.3 Å². The van der Waals surface area contributed by atoms with Gasteiger partial charge in [-0.25, -0.2) is 0 Å². The van der Waals surface area contributed by atoms with Crippen LogP contribution in [0.5, 0.6) is 11.5 Å². The molecule has 4 aliphatic heterocycles. The predicted octanol–water partition coefficient (Wildman–Crippen LogP) is 3.41. The number of allylic oxidation sites excluding steroid dienone is 3. The fourth-order valence-electron chi connectivity index (χ4n) is 14.4. The normalized spacial score (nSPS) is 44.3. The highest BCUT2D eigenvalue weighted by atomic mass is 32.2. The van der Waals surface area contributed by atoms with E-state index in [9.17, 15) is 27.0 Å². The number of fused-ring (bicyclic) bond motifs is 1. The summed E-state index contributed by atoms with van der Waals surface area (Å²) >= 11 is 0. The van der Waals surface area contributed by atoms with Crippen molar-refractivity contribution < 1.29 is 44.9 Å². The summed E-state index contributed by atoms with van der Waals surface area (Å²) in [4.78, 5) is 4.02. The second kappa shape index (κ2) is 10.5. The van der Waals surface area contributed by atoms with Gasteiger partial charge in [0.1, 0.15) is 40.0 Å². The Balaban J connectivity index is 0.868. The molecule has 4 heterocycles. The summed E-state index contributed by atoms with van der Waals surface area (Å²) in [5, 5.41) is 22.4. The van der Waals surface area contributed by atoms with Crippen molar-refractivity contribution in [1.82, 2.24) is 9.80 Å². The highest BCUT2D eigenvalue weighted by molar-refractivity contribution is 7.87. The number of hydrogen-bond donors (Lipinski definition) is 2. The number of rotatable bonds is 6. The maximum Gasteiger partial charge on any atom is 0.339 e. The predicted molar refractivity (Wildman–Crippen MR) is 200 cm³/mol. The standard InChI is InChI=1S/C42H44N2O10S2/c1-39-14-13-31(34-35(39)42-20-40(19-39)21-44(3)36(40)26(42)9-11-29(46)38(42)52-34)54-56(49,50)24-6-4-5-23(18-24)55(47,48)53-30-12-7-22-17-27-25-8-10-28(45)37-41(25,15-16-43(27)2)32(22)33(30)51-37/h4-14,18,25-29,35-38,45-46H,15-17,19-21H2,1-3H3/t25?,26?,27-,28+,29+,35?,36+,37+,38+,39?,40?,41+,42+/m0/s1. The monoisotopic (exact) mass is 800 g/mol. The first-order chi connectivity index (χ1) is 26.6. The van der Waals surface area contributed by atoms with E-state index in [1.54, 1.807) is 18.2 Å². The van der Waals surface area contributed by atoms with E-state index < -0.39 is 55.5 Å². The SMILES string of the molecule is CN1CC[C@@]23c4c5ccc(OS(=O)(=O)c6cccc(S(=O)(=O)OC7=C8O[C@@H]9[C@H](O)C=CC%10[C@H]%11N(C)CC%11%12CC(C)(C=C7)C8[C@@]%109C%12)c6)c4O[C@@H]2[C@H](O)C=CC3[C@@H]1C5. The molecule has 0 amide bonds. The van der Waals surface area contributed by atoms with Crippen LogP contribution in [0.2, 0.25) is 0 Å². The van der Waals surface area contributed by atoms with E-state index in [1.165, 1.54) is 18.2 Å². The first-order valence-electron chi connectivity index (χ1n) is 19.7. The largest absolute Gasteiger partial charge is 0.487 e. The van der Waals surface area contributed by atoms with Crippen LogP contribution in [-0.4, -0.2) is 101 Å². The summed E-state index contributed by atoms with van der Waals surface area (Å²) in [5.41, 5.74) is 0.794. The van der Waals surface area contributed by atoms with Crippen molar-refractivity contribution in [3.8, 4) is 11.5 Å². The molecule has 5 fully saturated rings. The van der Waals surface area contributed by atoms with Gasteiger partial charge in [-0.3, -0.25) is 0 Å². The Bertz CT molecular complexity index is 2520. The molecule has 2 aromatic carbocycles. The highest BCUT2D eigenvalue weighted by Gasteiger charge is 2.81. The Morgan fingerprint density at radius 2 is 1.59 bits per heavy atom. The lowest BCUT2D eigenvalue weighted by molar-refractivity contribution is -0.0918. The summed E-state index contributed by atoms with van der Waals surface area (Å²) in [6.45, 7) is 4.00. The van der Waals surface area contributed by atoms with Crippen molar-refractivity contribution in [3.05, 3.63) is 95.5 Å². The molecule has 3 spiro atoms. The van der Waals surface area contributed by atoms with E-state index >= 15 is 0 Å². The lowest BCUT2D eigenvalue weighted by atomic mass is 9.48. The third-order valence-corrected chi connectivity index (χ3v) is 18.3. The minimum Gasteiger partial charge on any atom is -0.487 e. The highest BCUT2D eigenvalue weighted by Crippen LogP contribution is 2.79. The van der Waals surface area contributed by atoms with Crippen molar-refractivity contribution in [3.63, 3.8) is 0 Å². The molecule has 12 nitrogen and oxygen atoms in total. The van der Waals surface area contributed by atoms with E-state index in [1.807, 2.05) is 12.1 Å². The lowest BCUT2D eigenvalue weighted by Crippen LogP contribution is -2.64. The quantitative estimate of drug-likeness (QED) is 0.326. The number of likely N-dealkylation sites (tertiary alicyclic amines) is 2. The Kier molecular flexibility index (Phi) is 6.44. The molecule has 0 radical (unpaired) electrons. The Labute approximate surface area is 326 Å². The van der Waals surface area contributed by atoms with Crippen LogP contribution in [0.4, 0.5) is 0 Å². The summed E-state index contributed by atoms with van der Waals surface area (Å²) in [5.74, 6) is 0.839. The second-order valence-electron chi connectivity index (χ2n) is 18.6. The van der Waals surface area contributed by atoms with Gasteiger partial charge in [0.15, 0.2) is 17.3 Å². The third-order valence-electron chi connectivity index (χ3n) is 15.9. The number of hydrogen-bond acceptors (Lipinski definition) is 12. The molecule has 6 aliphatic carbocycles.